The summed E-state index contributed by atoms with van der Waals surface area (Å²) in [5, 5.41) is 8.58. The van der Waals surface area contributed by atoms with Crippen molar-refractivity contribution >= 4 is 24.3 Å². The summed E-state index contributed by atoms with van der Waals surface area (Å²) < 4.78 is 5.25. The first kappa shape index (κ1) is 14.2. The molecule has 6 nitrogen and oxygen atoms in total. The van der Waals surface area contributed by atoms with Crippen molar-refractivity contribution in [3.8, 4) is 0 Å². The van der Waals surface area contributed by atoms with Gasteiger partial charge in [-0.05, 0) is 6.92 Å². The Labute approximate surface area is 93.8 Å². The summed E-state index contributed by atoms with van der Waals surface area (Å²) >= 11 is 0. The Kier molecular flexibility index (Phi) is 5.56. The van der Waals surface area contributed by atoms with Gasteiger partial charge in [-0.3, -0.25) is 14.5 Å². The Morgan fingerprint density at radius 3 is 2.60 bits per heavy atom. The number of halogens is 1. The summed E-state index contributed by atoms with van der Waals surface area (Å²) in [6.45, 7) is 2.46. The quantitative estimate of drug-likeness (QED) is 0.663. The van der Waals surface area contributed by atoms with Crippen LogP contribution in [0.25, 0.3) is 0 Å². The number of hydrogen-bond acceptors (Lipinski definition) is 4. The summed E-state index contributed by atoms with van der Waals surface area (Å²) in [5.74, 6) is -1.46. The molecule has 2 atom stereocenters. The Hall–Kier alpha value is -0.850. The second-order valence-electron chi connectivity index (χ2n) is 3.43. The molecule has 1 saturated heterocycles. The number of morpholine rings is 1. The summed E-state index contributed by atoms with van der Waals surface area (Å²) in [5.41, 5.74) is 5.08. The number of aliphatic carboxylic acids is 1. The summed E-state index contributed by atoms with van der Waals surface area (Å²) in [6.07, 6.45) is -0.862. The number of nitrogens with two attached hydrogens (primary N) is 1. The molecule has 0 spiro atoms. The van der Waals surface area contributed by atoms with Crippen molar-refractivity contribution in [3.05, 3.63) is 0 Å². The van der Waals surface area contributed by atoms with Gasteiger partial charge in [0, 0.05) is 13.1 Å². The van der Waals surface area contributed by atoms with E-state index in [2.05, 4.69) is 0 Å². The lowest BCUT2D eigenvalue weighted by atomic mass is 10.2. The number of carbonyl (C=O) groups is 2. The lowest BCUT2D eigenvalue weighted by Crippen LogP contribution is -2.52. The molecule has 88 valence electrons. The molecule has 1 amide bonds. The van der Waals surface area contributed by atoms with Gasteiger partial charge in [-0.2, -0.15) is 0 Å². The maximum atomic E-state index is 10.9. The van der Waals surface area contributed by atoms with E-state index >= 15 is 0 Å². The van der Waals surface area contributed by atoms with Crippen LogP contribution in [0.3, 0.4) is 0 Å². The zero-order valence-electron chi connectivity index (χ0n) is 8.38. The Bertz CT molecular complexity index is 249. The minimum atomic E-state index is -0.915. The molecule has 0 aliphatic carbocycles. The van der Waals surface area contributed by atoms with Crippen molar-refractivity contribution in [2.75, 3.05) is 19.6 Å². The predicted octanol–water partition coefficient (Wildman–Crippen LogP) is -0.933. The van der Waals surface area contributed by atoms with Crippen molar-refractivity contribution in [3.63, 3.8) is 0 Å². The first-order valence-corrected chi connectivity index (χ1v) is 4.38. The second-order valence-corrected chi connectivity index (χ2v) is 3.43. The molecule has 1 unspecified atom stereocenters. The number of primary amides is 1. The standard InChI is InChI=1S/C8H14N2O4.ClH/c1-5-2-10(4-7(11)12)3-6(14-5)8(9)13;/h5-6H,2-4H2,1H3,(H2,9,13)(H,11,12);1H/t5-,6?;/m1./s1. The van der Waals surface area contributed by atoms with E-state index in [0.29, 0.717) is 6.54 Å². The van der Waals surface area contributed by atoms with E-state index in [1.807, 2.05) is 0 Å². The Balaban J connectivity index is 0.00000196. The minimum Gasteiger partial charge on any atom is -0.480 e. The van der Waals surface area contributed by atoms with Crippen LogP contribution in [0.2, 0.25) is 0 Å². The SMILES string of the molecule is C[C@@H]1CN(CC(=O)O)CC(C(N)=O)O1.Cl. The fourth-order valence-corrected chi connectivity index (χ4v) is 1.52. The van der Waals surface area contributed by atoms with E-state index in [-0.39, 0.29) is 31.6 Å². The molecule has 0 bridgehead atoms. The first-order valence-electron chi connectivity index (χ1n) is 4.38. The van der Waals surface area contributed by atoms with Gasteiger partial charge in [0.15, 0.2) is 0 Å². The maximum absolute atomic E-state index is 10.9. The molecule has 1 aliphatic heterocycles. The van der Waals surface area contributed by atoms with E-state index in [9.17, 15) is 9.59 Å². The Morgan fingerprint density at radius 2 is 2.13 bits per heavy atom. The third kappa shape index (κ3) is 4.46. The number of carboxylic acid groups (broad SMARTS) is 1. The van der Waals surface area contributed by atoms with Crippen LogP contribution in [-0.2, 0) is 14.3 Å². The molecule has 1 aliphatic rings. The van der Waals surface area contributed by atoms with Crippen LogP contribution >= 0.6 is 12.4 Å². The fraction of sp³-hybridized carbons (Fsp3) is 0.750. The molecule has 3 N–H and O–H groups in total. The van der Waals surface area contributed by atoms with E-state index in [4.69, 9.17) is 15.6 Å². The van der Waals surface area contributed by atoms with Crippen LogP contribution < -0.4 is 5.73 Å². The summed E-state index contributed by atoms with van der Waals surface area (Å²) in [7, 11) is 0. The maximum Gasteiger partial charge on any atom is 0.317 e. The number of nitrogens with zero attached hydrogens (tertiary/aromatic N) is 1. The summed E-state index contributed by atoms with van der Waals surface area (Å²) in [4.78, 5) is 23.0. The van der Waals surface area contributed by atoms with Gasteiger partial charge >= 0.3 is 5.97 Å². The number of carbonyl (C=O) groups excluding carboxylic acids is 1. The topological polar surface area (TPSA) is 92.9 Å². The number of rotatable bonds is 3. The molecule has 1 heterocycles. The van der Waals surface area contributed by atoms with E-state index in [0.717, 1.165) is 0 Å². The fourth-order valence-electron chi connectivity index (χ4n) is 1.52. The van der Waals surface area contributed by atoms with Gasteiger partial charge in [-0.15, -0.1) is 12.4 Å². The highest BCUT2D eigenvalue weighted by atomic mass is 35.5. The summed E-state index contributed by atoms with van der Waals surface area (Å²) in [6, 6.07) is 0. The lowest BCUT2D eigenvalue weighted by molar-refractivity contribution is -0.149. The molecule has 1 rings (SSSR count). The molecule has 7 heteroatoms. The third-order valence-corrected chi connectivity index (χ3v) is 2.01. The van der Waals surface area contributed by atoms with Gasteiger partial charge in [0.1, 0.15) is 6.10 Å². The van der Waals surface area contributed by atoms with Crippen molar-refractivity contribution in [1.29, 1.82) is 0 Å². The highest BCUT2D eigenvalue weighted by Gasteiger charge is 2.29. The molecule has 0 aromatic heterocycles. The van der Waals surface area contributed by atoms with Crippen molar-refractivity contribution in [1.82, 2.24) is 4.90 Å². The second kappa shape index (κ2) is 5.89. The molecular formula is C8H15ClN2O4. The average molecular weight is 239 g/mol. The smallest absolute Gasteiger partial charge is 0.317 e. The van der Waals surface area contributed by atoms with Gasteiger partial charge in [-0.1, -0.05) is 0 Å². The van der Waals surface area contributed by atoms with Gasteiger partial charge in [0.2, 0.25) is 5.91 Å². The van der Waals surface area contributed by atoms with Crippen molar-refractivity contribution in [2.24, 2.45) is 5.73 Å². The monoisotopic (exact) mass is 238 g/mol. The van der Waals surface area contributed by atoms with Crippen molar-refractivity contribution in [2.45, 2.75) is 19.1 Å². The minimum absolute atomic E-state index is 0. The van der Waals surface area contributed by atoms with Gasteiger partial charge in [0.25, 0.3) is 0 Å². The van der Waals surface area contributed by atoms with Crippen LogP contribution in [0, 0.1) is 0 Å². The van der Waals surface area contributed by atoms with Crippen LogP contribution in [0.15, 0.2) is 0 Å². The van der Waals surface area contributed by atoms with Crippen LogP contribution in [0.4, 0.5) is 0 Å². The van der Waals surface area contributed by atoms with E-state index in [1.54, 1.807) is 11.8 Å². The predicted molar refractivity (Wildman–Crippen MR) is 54.9 cm³/mol. The molecule has 0 aromatic rings. The van der Waals surface area contributed by atoms with Crippen LogP contribution in [0.1, 0.15) is 6.92 Å². The normalized spacial score (nSPS) is 26.7. The molecule has 1 fully saturated rings. The zero-order chi connectivity index (χ0) is 10.7. The van der Waals surface area contributed by atoms with Gasteiger partial charge < -0.3 is 15.6 Å². The number of hydrogen-bond donors (Lipinski definition) is 2. The van der Waals surface area contributed by atoms with E-state index < -0.39 is 18.0 Å². The highest BCUT2D eigenvalue weighted by molar-refractivity contribution is 5.85. The average Bonchev–Trinajstić information content (AvgIpc) is 2.01. The number of carboxylic acids is 1. The van der Waals surface area contributed by atoms with Crippen molar-refractivity contribution < 1.29 is 19.4 Å². The van der Waals surface area contributed by atoms with Gasteiger partial charge in [0.05, 0.1) is 12.6 Å². The van der Waals surface area contributed by atoms with Crippen LogP contribution in [-0.4, -0.2) is 53.7 Å². The molecule has 0 radical (unpaired) electrons. The number of amides is 1. The molecule has 0 saturated carbocycles. The molecular weight excluding hydrogens is 224 g/mol. The number of ether oxygens (including phenoxy) is 1. The van der Waals surface area contributed by atoms with E-state index in [1.165, 1.54) is 0 Å². The lowest BCUT2D eigenvalue weighted by Gasteiger charge is -2.34. The first-order chi connectivity index (χ1) is 6.49. The van der Waals surface area contributed by atoms with Crippen LogP contribution in [0.5, 0.6) is 0 Å². The largest absolute Gasteiger partial charge is 0.480 e. The molecule has 15 heavy (non-hydrogen) atoms. The zero-order valence-corrected chi connectivity index (χ0v) is 9.20. The third-order valence-electron chi connectivity index (χ3n) is 2.01. The Morgan fingerprint density at radius 1 is 1.53 bits per heavy atom. The molecule has 0 aromatic carbocycles. The highest BCUT2D eigenvalue weighted by Crippen LogP contribution is 2.10. The van der Waals surface area contributed by atoms with Gasteiger partial charge in [-0.25, -0.2) is 0 Å².